The van der Waals surface area contributed by atoms with Crippen molar-refractivity contribution in [2.45, 2.75) is 27.7 Å². The fourth-order valence-electron chi connectivity index (χ4n) is 1.96. The van der Waals surface area contributed by atoms with E-state index in [-0.39, 0.29) is 17.1 Å². The second-order valence-corrected chi connectivity index (χ2v) is 6.51. The third-order valence-corrected chi connectivity index (χ3v) is 3.22. The van der Waals surface area contributed by atoms with Gasteiger partial charge in [-0.05, 0) is 19.1 Å². The molecule has 0 fully saturated rings. The molecule has 0 unspecified atom stereocenters. The fourth-order valence-corrected chi connectivity index (χ4v) is 2.20. The maximum Gasteiger partial charge on any atom is 0.171 e. The minimum absolute atomic E-state index is 0.102. The van der Waals surface area contributed by atoms with Crippen molar-refractivity contribution in [3.63, 3.8) is 0 Å². The topological polar surface area (TPSA) is 59.4 Å². The van der Waals surface area contributed by atoms with Crippen molar-refractivity contribution in [2.75, 3.05) is 0 Å². The maximum absolute atomic E-state index is 12.2. The third-order valence-electron chi connectivity index (χ3n) is 3.03. The number of nitrogens with zero attached hydrogens (tertiary/aromatic N) is 1. The highest BCUT2D eigenvalue weighted by Crippen LogP contribution is 2.32. The Hall–Kier alpha value is -2.07. The van der Waals surface area contributed by atoms with Gasteiger partial charge < -0.3 is 9.84 Å². The number of aryl methyl sites for hydroxylation is 1. The molecule has 0 radical (unpaired) electrons. The van der Waals surface area contributed by atoms with E-state index in [0.717, 1.165) is 5.69 Å². The van der Waals surface area contributed by atoms with Crippen LogP contribution in [0.1, 0.15) is 36.8 Å². The SMILES string of the molecule is Cc1cc(Oc2ccc(C(=O)C(C)(C)C)c(O)c2)cc(Cl)n1. The Balaban J connectivity index is 2.28. The van der Waals surface area contributed by atoms with Crippen LogP contribution in [-0.2, 0) is 0 Å². The largest absolute Gasteiger partial charge is 0.507 e. The third kappa shape index (κ3) is 3.77. The summed E-state index contributed by atoms with van der Waals surface area (Å²) in [5.74, 6) is 0.713. The molecule has 0 bridgehead atoms. The lowest BCUT2D eigenvalue weighted by Gasteiger charge is -2.17. The molecule has 0 saturated heterocycles. The number of phenols is 1. The van der Waals surface area contributed by atoms with Gasteiger partial charge in [0.05, 0.1) is 5.56 Å². The predicted octanol–water partition coefficient (Wildman–Crippen LogP) is 4.77. The smallest absolute Gasteiger partial charge is 0.171 e. The van der Waals surface area contributed by atoms with Gasteiger partial charge in [0.2, 0.25) is 0 Å². The van der Waals surface area contributed by atoms with E-state index in [4.69, 9.17) is 16.3 Å². The molecule has 4 nitrogen and oxygen atoms in total. The summed E-state index contributed by atoms with van der Waals surface area (Å²) in [6.07, 6.45) is 0. The molecule has 0 aliphatic rings. The second kappa shape index (κ2) is 5.97. The molecule has 0 aliphatic carbocycles. The van der Waals surface area contributed by atoms with Gasteiger partial charge in [-0.25, -0.2) is 4.98 Å². The van der Waals surface area contributed by atoms with E-state index in [1.807, 2.05) is 0 Å². The molecule has 2 aromatic rings. The highest BCUT2D eigenvalue weighted by molar-refractivity contribution is 6.29. The summed E-state index contributed by atoms with van der Waals surface area (Å²) in [7, 11) is 0. The van der Waals surface area contributed by atoms with Crippen molar-refractivity contribution in [3.05, 3.63) is 46.7 Å². The molecule has 0 amide bonds. The number of rotatable bonds is 3. The number of carbonyl (C=O) groups is 1. The molecule has 0 aliphatic heterocycles. The predicted molar refractivity (Wildman–Crippen MR) is 86.0 cm³/mol. The van der Waals surface area contributed by atoms with Gasteiger partial charge in [0, 0.05) is 29.3 Å². The average molecular weight is 320 g/mol. The molecule has 1 aromatic heterocycles. The number of halogens is 1. The maximum atomic E-state index is 12.2. The zero-order valence-corrected chi connectivity index (χ0v) is 13.7. The van der Waals surface area contributed by atoms with Crippen molar-refractivity contribution in [2.24, 2.45) is 5.41 Å². The van der Waals surface area contributed by atoms with E-state index in [2.05, 4.69) is 4.98 Å². The Labute approximate surface area is 134 Å². The van der Waals surface area contributed by atoms with E-state index in [9.17, 15) is 9.90 Å². The minimum atomic E-state index is -0.560. The van der Waals surface area contributed by atoms with Gasteiger partial charge in [0.15, 0.2) is 5.78 Å². The number of carbonyl (C=O) groups excluding carboxylic acids is 1. The van der Waals surface area contributed by atoms with Crippen LogP contribution >= 0.6 is 11.6 Å². The van der Waals surface area contributed by atoms with Crippen molar-refractivity contribution in [3.8, 4) is 17.2 Å². The lowest BCUT2D eigenvalue weighted by Crippen LogP contribution is -2.20. The van der Waals surface area contributed by atoms with Gasteiger partial charge in [-0.15, -0.1) is 0 Å². The molecule has 2 rings (SSSR count). The summed E-state index contributed by atoms with van der Waals surface area (Å²) in [4.78, 5) is 16.3. The Kier molecular flexibility index (Phi) is 4.42. The second-order valence-electron chi connectivity index (χ2n) is 6.13. The molecule has 1 heterocycles. The van der Waals surface area contributed by atoms with E-state index < -0.39 is 5.41 Å². The summed E-state index contributed by atoms with van der Waals surface area (Å²) < 4.78 is 5.65. The molecule has 0 atom stereocenters. The minimum Gasteiger partial charge on any atom is -0.507 e. The van der Waals surface area contributed by atoms with Crippen LogP contribution in [-0.4, -0.2) is 15.9 Å². The van der Waals surface area contributed by atoms with Crippen molar-refractivity contribution < 1.29 is 14.6 Å². The van der Waals surface area contributed by atoms with Gasteiger partial charge in [-0.2, -0.15) is 0 Å². The molecular formula is C17H18ClNO3. The van der Waals surface area contributed by atoms with Crippen LogP contribution in [0.5, 0.6) is 17.2 Å². The summed E-state index contributed by atoms with van der Waals surface area (Å²) in [6, 6.07) is 7.94. The molecule has 5 heteroatoms. The van der Waals surface area contributed by atoms with Crippen LogP contribution in [0.4, 0.5) is 0 Å². The van der Waals surface area contributed by atoms with Gasteiger partial charge >= 0.3 is 0 Å². The molecule has 1 aromatic carbocycles. The van der Waals surface area contributed by atoms with Gasteiger partial charge in [-0.1, -0.05) is 32.4 Å². The van der Waals surface area contributed by atoms with Crippen LogP contribution < -0.4 is 4.74 Å². The van der Waals surface area contributed by atoms with Crippen LogP contribution in [0.15, 0.2) is 30.3 Å². The lowest BCUT2D eigenvalue weighted by atomic mass is 9.86. The lowest BCUT2D eigenvalue weighted by molar-refractivity contribution is 0.0855. The number of benzene rings is 1. The molecule has 1 N–H and O–H groups in total. The normalized spacial score (nSPS) is 11.3. The van der Waals surface area contributed by atoms with Crippen LogP contribution in [0, 0.1) is 12.3 Å². The summed E-state index contributed by atoms with van der Waals surface area (Å²) in [5.41, 5.74) is 0.449. The monoisotopic (exact) mass is 319 g/mol. The number of aromatic nitrogens is 1. The average Bonchev–Trinajstić information content (AvgIpc) is 2.35. The Bertz CT molecular complexity index is 700. The van der Waals surface area contributed by atoms with E-state index in [1.165, 1.54) is 6.07 Å². The fraction of sp³-hybridized carbons (Fsp3) is 0.294. The van der Waals surface area contributed by atoms with E-state index in [1.54, 1.807) is 52.0 Å². The first-order valence-corrected chi connectivity index (χ1v) is 7.24. The number of pyridine rings is 1. The highest BCUT2D eigenvalue weighted by atomic mass is 35.5. The summed E-state index contributed by atoms with van der Waals surface area (Å²) >= 11 is 5.88. The van der Waals surface area contributed by atoms with E-state index >= 15 is 0 Å². The quantitative estimate of drug-likeness (QED) is 0.654. The van der Waals surface area contributed by atoms with E-state index in [0.29, 0.717) is 16.7 Å². The number of ether oxygens (including phenoxy) is 1. The van der Waals surface area contributed by atoms with Crippen LogP contribution in [0.2, 0.25) is 5.15 Å². The van der Waals surface area contributed by atoms with Crippen LogP contribution in [0.25, 0.3) is 0 Å². The first-order valence-electron chi connectivity index (χ1n) is 6.86. The zero-order valence-electron chi connectivity index (χ0n) is 13.0. The molecule has 116 valence electrons. The molecular weight excluding hydrogens is 302 g/mol. The number of aromatic hydroxyl groups is 1. The Morgan fingerprint density at radius 3 is 2.41 bits per heavy atom. The first-order chi connectivity index (χ1) is 10.2. The van der Waals surface area contributed by atoms with Gasteiger partial charge in [0.25, 0.3) is 0 Å². The van der Waals surface area contributed by atoms with Gasteiger partial charge in [-0.3, -0.25) is 4.79 Å². The molecule has 0 saturated carbocycles. The molecule has 22 heavy (non-hydrogen) atoms. The number of hydrogen-bond donors (Lipinski definition) is 1. The van der Waals surface area contributed by atoms with Crippen molar-refractivity contribution in [1.82, 2.24) is 4.98 Å². The Morgan fingerprint density at radius 2 is 1.86 bits per heavy atom. The zero-order chi connectivity index (χ0) is 16.5. The first kappa shape index (κ1) is 16.3. The van der Waals surface area contributed by atoms with Crippen molar-refractivity contribution in [1.29, 1.82) is 0 Å². The molecule has 0 spiro atoms. The number of hydrogen-bond acceptors (Lipinski definition) is 4. The van der Waals surface area contributed by atoms with Crippen LogP contribution in [0.3, 0.4) is 0 Å². The Morgan fingerprint density at radius 1 is 1.18 bits per heavy atom. The standard InChI is InChI=1S/C17H18ClNO3/c1-10-7-12(9-15(18)19-10)22-11-5-6-13(14(20)8-11)16(21)17(2,3)4/h5-9,20H,1-4H3. The highest BCUT2D eigenvalue weighted by Gasteiger charge is 2.25. The van der Waals surface area contributed by atoms with Gasteiger partial charge in [0.1, 0.15) is 22.4 Å². The number of ketones is 1. The summed E-state index contributed by atoms with van der Waals surface area (Å²) in [5, 5.41) is 10.4. The summed E-state index contributed by atoms with van der Waals surface area (Å²) in [6.45, 7) is 7.23. The number of Topliss-reactive ketones (excluding diaryl/α,β-unsaturated/α-hetero) is 1. The number of phenolic OH excluding ortho intramolecular Hbond substituents is 1. The van der Waals surface area contributed by atoms with Crippen molar-refractivity contribution >= 4 is 17.4 Å².